The summed E-state index contributed by atoms with van der Waals surface area (Å²) in [5, 5.41) is 4.41. The summed E-state index contributed by atoms with van der Waals surface area (Å²) in [6.45, 7) is 2.20. The SMILES string of the molecule is C\C(=C/C(=C(\C(=C\c1ccccc1)C1=CC=CCC=C1)c1ccccc1)c1ccc(-c2nc(-c3ccc4ccccc4c3)nc(-c3ccc4c(c3)oc3ccccc34)n2)cc1)c1ccccc1. The van der Waals surface area contributed by atoms with Crippen molar-refractivity contribution in [3.8, 4) is 34.2 Å². The number of aromatic nitrogens is 3. The Kier molecular flexibility index (Phi) is 11.3. The number of benzene rings is 8. The van der Waals surface area contributed by atoms with Crippen LogP contribution in [0.25, 0.3) is 89.7 Å². The average Bonchev–Trinajstić information content (AvgIpc) is 3.54. The van der Waals surface area contributed by atoms with Crippen LogP contribution in [0.1, 0.15) is 35.6 Å². The van der Waals surface area contributed by atoms with E-state index in [2.05, 4.69) is 225 Å². The second-order valence-electron chi connectivity index (χ2n) is 16.8. The topological polar surface area (TPSA) is 51.8 Å². The normalized spacial score (nSPS) is 13.5. The molecule has 0 amide bonds. The summed E-state index contributed by atoms with van der Waals surface area (Å²) in [4.78, 5) is 15.5. The highest BCUT2D eigenvalue weighted by atomic mass is 16.3. The van der Waals surface area contributed by atoms with E-state index >= 15 is 0 Å². The quantitative estimate of drug-likeness (QED) is 0.102. The molecule has 1 aliphatic rings. The monoisotopic (exact) mass is 859 g/mol. The predicted octanol–water partition coefficient (Wildman–Crippen LogP) is 16.5. The molecular formula is C63H45N3O. The highest BCUT2D eigenvalue weighted by Gasteiger charge is 2.20. The summed E-state index contributed by atoms with van der Waals surface area (Å²) in [5.41, 5.74) is 14.4. The maximum absolute atomic E-state index is 6.34. The van der Waals surface area contributed by atoms with Crippen molar-refractivity contribution in [2.45, 2.75) is 13.3 Å². The van der Waals surface area contributed by atoms with Crippen molar-refractivity contribution < 1.29 is 4.42 Å². The number of hydrogen-bond donors (Lipinski definition) is 0. The molecule has 0 radical (unpaired) electrons. The summed E-state index contributed by atoms with van der Waals surface area (Å²) in [5.74, 6) is 1.75. The van der Waals surface area contributed by atoms with Crippen LogP contribution in [0.4, 0.5) is 0 Å². The van der Waals surface area contributed by atoms with E-state index in [1.54, 1.807) is 0 Å². The number of allylic oxidation sites excluding steroid dienone is 11. The molecule has 2 heterocycles. The third-order valence-corrected chi connectivity index (χ3v) is 12.3. The smallest absolute Gasteiger partial charge is 0.164 e. The average molecular weight is 860 g/mol. The Morgan fingerprint density at radius 2 is 1.09 bits per heavy atom. The molecule has 0 aliphatic heterocycles. The molecular weight excluding hydrogens is 815 g/mol. The van der Waals surface area contributed by atoms with Gasteiger partial charge in [0.25, 0.3) is 0 Å². The first kappa shape index (κ1) is 41.0. The van der Waals surface area contributed by atoms with Gasteiger partial charge < -0.3 is 4.42 Å². The fourth-order valence-corrected chi connectivity index (χ4v) is 8.89. The van der Waals surface area contributed by atoms with Gasteiger partial charge in [0.1, 0.15) is 11.2 Å². The molecule has 0 N–H and O–H groups in total. The lowest BCUT2D eigenvalue weighted by Crippen LogP contribution is -2.01. The standard InChI is InChI=1S/C63H45N3O/c1-43(45-21-11-5-12-22-45)39-56(60(49-26-13-6-14-27-49)57(40-44-19-7-4-8-20-44)47-24-9-2-3-10-25-47)48-32-34-50(35-33-48)61-64-62(52-36-31-46-23-15-16-28-51(46)41-52)66-63(65-61)53-37-38-55-54-29-17-18-30-58(54)67-59(55)42-53/h2,4-42H,3H2,1H3/b43-39+,57-40+,60-56+. The van der Waals surface area contributed by atoms with E-state index in [9.17, 15) is 0 Å². The van der Waals surface area contributed by atoms with E-state index in [-0.39, 0.29) is 0 Å². The third-order valence-electron chi connectivity index (χ3n) is 12.3. The van der Waals surface area contributed by atoms with Gasteiger partial charge in [0, 0.05) is 27.5 Å². The second-order valence-corrected chi connectivity index (χ2v) is 16.8. The first-order valence-electron chi connectivity index (χ1n) is 22.7. The van der Waals surface area contributed by atoms with Crippen molar-refractivity contribution in [2.24, 2.45) is 0 Å². The Bertz CT molecular complexity index is 3630. The molecule has 10 aromatic rings. The van der Waals surface area contributed by atoms with E-state index in [1.807, 2.05) is 24.3 Å². The van der Waals surface area contributed by atoms with Gasteiger partial charge in [0.05, 0.1) is 0 Å². The van der Waals surface area contributed by atoms with Gasteiger partial charge in [-0.2, -0.15) is 0 Å². The fourth-order valence-electron chi connectivity index (χ4n) is 8.89. The summed E-state index contributed by atoms with van der Waals surface area (Å²) < 4.78 is 6.34. The Balaban J connectivity index is 1.11. The van der Waals surface area contributed by atoms with Gasteiger partial charge in [-0.1, -0.05) is 212 Å². The molecule has 67 heavy (non-hydrogen) atoms. The first-order chi connectivity index (χ1) is 33.1. The number of para-hydroxylation sites is 1. The second kappa shape index (κ2) is 18.4. The number of furan rings is 1. The van der Waals surface area contributed by atoms with Crippen molar-refractivity contribution in [3.05, 3.63) is 270 Å². The molecule has 8 aromatic carbocycles. The van der Waals surface area contributed by atoms with Crippen LogP contribution in [0.2, 0.25) is 0 Å². The van der Waals surface area contributed by atoms with Gasteiger partial charge >= 0.3 is 0 Å². The zero-order valence-corrected chi connectivity index (χ0v) is 37.1. The van der Waals surface area contributed by atoms with Crippen LogP contribution in [-0.4, -0.2) is 15.0 Å². The third kappa shape index (κ3) is 8.64. The molecule has 11 rings (SSSR count). The highest BCUT2D eigenvalue weighted by Crippen LogP contribution is 2.41. The van der Waals surface area contributed by atoms with Gasteiger partial charge in [-0.15, -0.1) is 0 Å². The van der Waals surface area contributed by atoms with Crippen molar-refractivity contribution in [1.29, 1.82) is 0 Å². The Morgan fingerprint density at radius 3 is 1.85 bits per heavy atom. The van der Waals surface area contributed by atoms with E-state index in [0.29, 0.717) is 17.5 Å². The molecule has 4 nitrogen and oxygen atoms in total. The van der Waals surface area contributed by atoms with Crippen LogP contribution in [0.5, 0.6) is 0 Å². The van der Waals surface area contributed by atoms with Gasteiger partial charge in [-0.3, -0.25) is 0 Å². The molecule has 0 saturated heterocycles. The molecule has 0 bridgehead atoms. The van der Waals surface area contributed by atoms with E-state index < -0.39 is 0 Å². The molecule has 1 aliphatic carbocycles. The van der Waals surface area contributed by atoms with Crippen molar-refractivity contribution in [2.75, 3.05) is 0 Å². The maximum atomic E-state index is 6.34. The van der Waals surface area contributed by atoms with E-state index in [1.165, 1.54) is 0 Å². The lowest BCUT2D eigenvalue weighted by Gasteiger charge is -2.20. The lowest BCUT2D eigenvalue weighted by molar-refractivity contribution is 0.669. The number of nitrogens with zero attached hydrogens (tertiary/aromatic N) is 3. The van der Waals surface area contributed by atoms with Crippen molar-refractivity contribution >= 4 is 55.5 Å². The van der Waals surface area contributed by atoms with Crippen LogP contribution < -0.4 is 0 Å². The van der Waals surface area contributed by atoms with E-state index in [4.69, 9.17) is 19.4 Å². The molecule has 2 aromatic heterocycles. The molecule has 0 fully saturated rings. The summed E-state index contributed by atoms with van der Waals surface area (Å²) in [6.07, 6.45) is 16.6. The summed E-state index contributed by atoms with van der Waals surface area (Å²) in [6, 6.07) is 69.8. The molecule has 0 atom stereocenters. The van der Waals surface area contributed by atoms with Gasteiger partial charge in [0.15, 0.2) is 17.5 Å². The Morgan fingerprint density at radius 1 is 0.493 bits per heavy atom. The van der Waals surface area contributed by atoms with Crippen molar-refractivity contribution in [3.63, 3.8) is 0 Å². The molecule has 318 valence electrons. The highest BCUT2D eigenvalue weighted by molar-refractivity contribution is 6.09. The minimum atomic E-state index is 0.572. The van der Waals surface area contributed by atoms with E-state index in [0.717, 1.165) is 106 Å². The van der Waals surface area contributed by atoms with Crippen LogP contribution in [-0.2, 0) is 0 Å². The largest absolute Gasteiger partial charge is 0.456 e. The molecule has 4 heteroatoms. The van der Waals surface area contributed by atoms with Gasteiger partial charge in [-0.25, -0.2) is 15.0 Å². The molecule has 0 saturated carbocycles. The summed E-state index contributed by atoms with van der Waals surface area (Å²) >= 11 is 0. The lowest BCUT2D eigenvalue weighted by atomic mass is 9.83. The van der Waals surface area contributed by atoms with Crippen LogP contribution in [0.15, 0.2) is 252 Å². The van der Waals surface area contributed by atoms with Gasteiger partial charge in [0.2, 0.25) is 0 Å². The van der Waals surface area contributed by atoms with Crippen LogP contribution in [0, 0.1) is 0 Å². The number of fused-ring (bicyclic) bond motifs is 4. The zero-order chi connectivity index (χ0) is 44.9. The summed E-state index contributed by atoms with van der Waals surface area (Å²) in [7, 11) is 0. The fraction of sp³-hybridized carbons (Fsp3) is 0.0317. The minimum Gasteiger partial charge on any atom is -0.456 e. The molecule has 0 spiro atoms. The van der Waals surface area contributed by atoms with Crippen LogP contribution >= 0.6 is 0 Å². The van der Waals surface area contributed by atoms with Crippen molar-refractivity contribution in [1.82, 2.24) is 15.0 Å². The number of hydrogen-bond acceptors (Lipinski definition) is 4. The maximum Gasteiger partial charge on any atom is 0.164 e. The Hall–Kier alpha value is -8.73. The van der Waals surface area contributed by atoms with Crippen LogP contribution in [0.3, 0.4) is 0 Å². The Labute approximate surface area is 390 Å². The minimum absolute atomic E-state index is 0.572. The number of rotatable bonds is 10. The van der Waals surface area contributed by atoms with Gasteiger partial charge in [-0.05, 0) is 105 Å². The zero-order valence-electron chi connectivity index (χ0n) is 37.1. The predicted molar refractivity (Wildman–Crippen MR) is 280 cm³/mol. The first-order valence-corrected chi connectivity index (χ1v) is 22.7. The molecule has 0 unspecified atom stereocenters.